The van der Waals surface area contributed by atoms with Crippen molar-refractivity contribution in [2.75, 3.05) is 13.2 Å². The van der Waals surface area contributed by atoms with Gasteiger partial charge in [0, 0.05) is 17.6 Å². The van der Waals surface area contributed by atoms with Gasteiger partial charge in [-0.15, -0.1) is 0 Å². The van der Waals surface area contributed by atoms with Gasteiger partial charge in [-0.25, -0.2) is 0 Å². The Kier molecular flexibility index (Phi) is 5.90. The Morgan fingerprint density at radius 1 is 1.41 bits per heavy atom. The summed E-state index contributed by atoms with van der Waals surface area (Å²) in [6.07, 6.45) is 6.92. The van der Waals surface area contributed by atoms with Crippen LogP contribution in [0, 0.1) is 0 Å². The molecule has 1 saturated carbocycles. The topological polar surface area (TPSA) is 49.5 Å². The summed E-state index contributed by atoms with van der Waals surface area (Å²) in [7, 11) is 0. The zero-order chi connectivity index (χ0) is 12.9. The largest absolute Gasteiger partial charge is 0.394 e. The molecule has 1 aliphatic carbocycles. The van der Waals surface area contributed by atoms with E-state index in [1.54, 1.807) is 0 Å². The highest BCUT2D eigenvalue weighted by Gasteiger charge is 2.38. The number of unbranched alkanes of at least 4 members (excludes halogenated alkanes) is 2. The van der Waals surface area contributed by atoms with Gasteiger partial charge < -0.3 is 10.8 Å². The van der Waals surface area contributed by atoms with Crippen LogP contribution in [-0.4, -0.2) is 40.8 Å². The lowest BCUT2D eigenvalue weighted by Gasteiger charge is -2.33. The van der Waals surface area contributed by atoms with Crippen LogP contribution in [0.2, 0.25) is 0 Å². The van der Waals surface area contributed by atoms with Crippen molar-refractivity contribution in [3.8, 4) is 0 Å². The second-order valence-corrected chi connectivity index (χ2v) is 5.96. The van der Waals surface area contributed by atoms with Crippen molar-refractivity contribution >= 4 is 0 Å². The van der Waals surface area contributed by atoms with E-state index in [9.17, 15) is 5.11 Å². The van der Waals surface area contributed by atoms with Gasteiger partial charge in [0.2, 0.25) is 0 Å². The van der Waals surface area contributed by atoms with Crippen LogP contribution >= 0.6 is 0 Å². The smallest absolute Gasteiger partial charge is 0.0611 e. The molecule has 0 bridgehead atoms. The van der Waals surface area contributed by atoms with E-state index < -0.39 is 0 Å². The third kappa shape index (κ3) is 4.23. The number of nitrogens with zero attached hydrogens (tertiary/aromatic N) is 1. The summed E-state index contributed by atoms with van der Waals surface area (Å²) in [5, 5.41) is 9.33. The summed E-state index contributed by atoms with van der Waals surface area (Å²) >= 11 is 0. The van der Waals surface area contributed by atoms with Gasteiger partial charge in [0.15, 0.2) is 0 Å². The fraction of sp³-hybridized carbons (Fsp3) is 1.00. The average molecular weight is 242 g/mol. The van der Waals surface area contributed by atoms with E-state index >= 15 is 0 Å². The Morgan fingerprint density at radius 3 is 2.59 bits per heavy atom. The highest BCUT2D eigenvalue weighted by Crippen LogP contribution is 2.32. The third-order valence-electron chi connectivity index (χ3n) is 4.08. The van der Waals surface area contributed by atoms with Crippen LogP contribution in [0.3, 0.4) is 0 Å². The standard InChI is InChI=1S/C14H30N2O/c1-4-5-6-9-16(12(2)3)13-7-8-14(15,10-13)11-17/h12-13,17H,4-11,15H2,1-3H3. The lowest BCUT2D eigenvalue weighted by molar-refractivity contribution is 0.135. The van der Waals surface area contributed by atoms with E-state index in [2.05, 4.69) is 25.7 Å². The van der Waals surface area contributed by atoms with E-state index in [0.29, 0.717) is 12.1 Å². The van der Waals surface area contributed by atoms with E-state index in [-0.39, 0.29) is 12.1 Å². The van der Waals surface area contributed by atoms with Gasteiger partial charge in [-0.3, -0.25) is 4.90 Å². The fourth-order valence-corrected chi connectivity index (χ4v) is 2.96. The van der Waals surface area contributed by atoms with E-state index in [4.69, 9.17) is 5.73 Å². The zero-order valence-electron chi connectivity index (χ0n) is 11.8. The van der Waals surface area contributed by atoms with Crippen LogP contribution in [0.1, 0.15) is 59.3 Å². The number of aliphatic hydroxyl groups is 1. The molecular formula is C14H30N2O. The van der Waals surface area contributed by atoms with E-state index in [0.717, 1.165) is 19.3 Å². The molecular weight excluding hydrogens is 212 g/mol. The zero-order valence-corrected chi connectivity index (χ0v) is 11.8. The molecule has 3 nitrogen and oxygen atoms in total. The SMILES string of the molecule is CCCCCN(C(C)C)C1CCC(N)(CO)C1. The van der Waals surface area contributed by atoms with Crippen LogP contribution in [0.5, 0.6) is 0 Å². The second kappa shape index (κ2) is 6.72. The molecule has 0 radical (unpaired) electrons. The van der Waals surface area contributed by atoms with Crippen LogP contribution in [0.4, 0.5) is 0 Å². The van der Waals surface area contributed by atoms with Gasteiger partial charge in [0.1, 0.15) is 0 Å². The summed E-state index contributed by atoms with van der Waals surface area (Å²) in [6, 6.07) is 1.15. The van der Waals surface area contributed by atoms with Gasteiger partial charge in [0.25, 0.3) is 0 Å². The molecule has 0 aromatic carbocycles. The quantitative estimate of drug-likeness (QED) is 0.672. The minimum atomic E-state index is -0.317. The van der Waals surface area contributed by atoms with Crippen molar-refractivity contribution in [1.82, 2.24) is 4.90 Å². The molecule has 0 amide bonds. The molecule has 1 fully saturated rings. The van der Waals surface area contributed by atoms with Gasteiger partial charge in [-0.05, 0) is 46.1 Å². The first-order valence-electron chi connectivity index (χ1n) is 7.18. The molecule has 17 heavy (non-hydrogen) atoms. The van der Waals surface area contributed by atoms with Gasteiger partial charge >= 0.3 is 0 Å². The number of hydrogen-bond acceptors (Lipinski definition) is 3. The molecule has 102 valence electrons. The first kappa shape index (κ1) is 14.9. The summed E-state index contributed by atoms with van der Waals surface area (Å²) in [4.78, 5) is 2.58. The lowest BCUT2D eigenvalue weighted by atomic mass is 10.00. The fourth-order valence-electron chi connectivity index (χ4n) is 2.96. The first-order chi connectivity index (χ1) is 8.02. The summed E-state index contributed by atoms with van der Waals surface area (Å²) in [5.74, 6) is 0. The van der Waals surface area contributed by atoms with Crippen molar-refractivity contribution in [2.45, 2.75) is 76.9 Å². The summed E-state index contributed by atoms with van der Waals surface area (Å²) in [5.41, 5.74) is 5.85. The second-order valence-electron chi connectivity index (χ2n) is 5.96. The Morgan fingerprint density at radius 2 is 2.12 bits per heavy atom. The number of nitrogens with two attached hydrogens (primary N) is 1. The Hall–Kier alpha value is -0.120. The van der Waals surface area contributed by atoms with Crippen molar-refractivity contribution in [3.63, 3.8) is 0 Å². The monoisotopic (exact) mass is 242 g/mol. The van der Waals surface area contributed by atoms with Crippen molar-refractivity contribution in [2.24, 2.45) is 5.73 Å². The molecule has 2 unspecified atom stereocenters. The molecule has 0 spiro atoms. The van der Waals surface area contributed by atoms with Crippen LogP contribution in [0.15, 0.2) is 0 Å². The Bertz CT molecular complexity index is 220. The highest BCUT2D eigenvalue weighted by molar-refractivity contribution is 4.97. The third-order valence-corrected chi connectivity index (χ3v) is 4.08. The van der Waals surface area contributed by atoms with Gasteiger partial charge in [-0.2, -0.15) is 0 Å². The van der Waals surface area contributed by atoms with E-state index in [1.807, 2.05) is 0 Å². The predicted octanol–water partition coefficient (Wildman–Crippen LogP) is 2.13. The molecule has 0 aromatic rings. The highest BCUT2D eigenvalue weighted by atomic mass is 16.3. The summed E-state index contributed by atoms with van der Waals surface area (Å²) in [6.45, 7) is 8.08. The number of hydrogen-bond donors (Lipinski definition) is 2. The van der Waals surface area contributed by atoms with E-state index in [1.165, 1.54) is 25.8 Å². The molecule has 3 heteroatoms. The minimum absolute atomic E-state index is 0.129. The molecule has 2 atom stereocenters. The molecule has 0 saturated heterocycles. The Balaban J connectivity index is 2.48. The molecule has 0 aliphatic heterocycles. The van der Waals surface area contributed by atoms with Crippen molar-refractivity contribution in [3.05, 3.63) is 0 Å². The molecule has 0 heterocycles. The molecule has 1 aliphatic rings. The number of rotatable bonds is 7. The van der Waals surface area contributed by atoms with Gasteiger partial charge in [0.05, 0.1) is 6.61 Å². The predicted molar refractivity (Wildman–Crippen MR) is 73.0 cm³/mol. The molecule has 1 rings (SSSR count). The summed E-state index contributed by atoms with van der Waals surface area (Å²) < 4.78 is 0. The van der Waals surface area contributed by atoms with Gasteiger partial charge in [-0.1, -0.05) is 19.8 Å². The molecule has 0 aromatic heterocycles. The maximum Gasteiger partial charge on any atom is 0.0611 e. The first-order valence-corrected chi connectivity index (χ1v) is 7.18. The maximum atomic E-state index is 9.33. The van der Waals surface area contributed by atoms with Crippen LogP contribution < -0.4 is 5.73 Å². The number of aliphatic hydroxyl groups excluding tert-OH is 1. The lowest BCUT2D eigenvalue weighted by Crippen LogP contribution is -2.45. The maximum absolute atomic E-state index is 9.33. The van der Waals surface area contributed by atoms with Crippen molar-refractivity contribution in [1.29, 1.82) is 0 Å². The van der Waals surface area contributed by atoms with Crippen LogP contribution in [-0.2, 0) is 0 Å². The average Bonchev–Trinajstić information content (AvgIpc) is 2.67. The molecule has 3 N–H and O–H groups in total. The van der Waals surface area contributed by atoms with Crippen LogP contribution in [0.25, 0.3) is 0 Å². The minimum Gasteiger partial charge on any atom is -0.394 e. The Labute approximate surface area is 106 Å². The van der Waals surface area contributed by atoms with Crippen molar-refractivity contribution < 1.29 is 5.11 Å². The normalized spacial score (nSPS) is 29.5.